The van der Waals surface area contributed by atoms with Crippen LogP contribution in [0.2, 0.25) is 0 Å². The summed E-state index contributed by atoms with van der Waals surface area (Å²) in [5, 5.41) is 23.4. The van der Waals surface area contributed by atoms with Crippen molar-refractivity contribution in [3.05, 3.63) is 28.3 Å². The number of nitro groups is 1. The number of anilines is 2. The van der Waals surface area contributed by atoms with E-state index in [2.05, 4.69) is 5.32 Å². The Morgan fingerprint density at radius 1 is 1.27 bits per heavy atom. The van der Waals surface area contributed by atoms with Crippen LogP contribution in [-0.4, -0.2) is 57.1 Å². The number of carboxylic acid groups (broad SMARTS) is 1. The zero-order valence-electron chi connectivity index (χ0n) is 15.6. The molecule has 0 radical (unpaired) electrons. The number of carbonyl (C=O) groups is 3. The van der Waals surface area contributed by atoms with Crippen molar-refractivity contribution in [2.75, 3.05) is 17.6 Å². The molecule has 0 aromatic heterocycles. The van der Waals surface area contributed by atoms with Gasteiger partial charge in [0, 0.05) is 31.1 Å². The number of hydrogen-bond acceptors (Lipinski definition) is 9. The molecule has 30 heavy (non-hydrogen) atoms. The largest absolute Gasteiger partial charge is 0.479 e. The quantitative estimate of drug-likeness (QED) is 0.0978. The minimum Gasteiger partial charge on any atom is -0.479 e. The van der Waals surface area contributed by atoms with Crippen molar-refractivity contribution in [2.45, 2.75) is 37.0 Å². The van der Waals surface area contributed by atoms with Crippen molar-refractivity contribution in [3.8, 4) is 0 Å². The summed E-state index contributed by atoms with van der Waals surface area (Å²) in [5.41, 5.74) is 5.57. The number of hydrogen-bond donors (Lipinski definition) is 4. The predicted molar refractivity (Wildman–Crippen MR) is 103 cm³/mol. The second-order valence-electron chi connectivity index (χ2n) is 6.61. The molecule has 0 bridgehead atoms. The van der Waals surface area contributed by atoms with Gasteiger partial charge in [0.25, 0.3) is 10.6 Å². The van der Waals surface area contributed by atoms with Gasteiger partial charge >= 0.3 is 16.1 Å². The third kappa shape index (κ3) is 4.33. The molecule has 0 spiro atoms. The van der Waals surface area contributed by atoms with Gasteiger partial charge in [-0.2, -0.15) is 8.42 Å². The predicted octanol–water partition coefficient (Wildman–Crippen LogP) is 0.577. The van der Waals surface area contributed by atoms with Gasteiger partial charge in [0.05, 0.1) is 4.92 Å². The fourth-order valence-corrected chi connectivity index (χ4v) is 4.27. The summed E-state index contributed by atoms with van der Waals surface area (Å²) in [5.74, 6) is -4.05. The molecule has 14 heteroatoms. The normalized spacial score (nSPS) is 16.4. The first kappa shape index (κ1) is 23.0. The molecular weight excluding hydrogens is 424 g/mol. The van der Waals surface area contributed by atoms with Gasteiger partial charge < -0.3 is 16.2 Å². The second-order valence-corrected chi connectivity index (χ2v) is 8.23. The van der Waals surface area contributed by atoms with Crippen LogP contribution in [-0.2, 0) is 24.5 Å². The first-order chi connectivity index (χ1) is 13.9. The van der Waals surface area contributed by atoms with Crippen LogP contribution in [0.25, 0.3) is 0 Å². The summed E-state index contributed by atoms with van der Waals surface area (Å²) in [6.45, 7) is 0.0772. The van der Waals surface area contributed by atoms with Crippen LogP contribution >= 0.6 is 0 Å². The summed E-state index contributed by atoms with van der Waals surface area (Å²) in [6, 6.07) is 3.98. The number of nitrogen functional groups attached to an aromatic ring is 1. The van der Waals surface area contributed by atoms with Crippen LogP contribution in [0.5, 0.6) is 0 Å². The number of likely N-dealkylation sites (tertiary alicyclic amines) is 1. The summed E-state index contributed by atoms with van der Waals surface area (Å²) >= 11 is 0. The molecule has 1 aliphatic rings. The molecule has 13 nitrogen and oxygen atoms in total. The lowest BCUT2D eigenvalue weighted by atomic mass is 10.1. The summed E-state index contributed by atoms with van der Waals surface area (Å²) in [4.78, 5) is 43.1. The molecule has 1 atom stereocenters. The van der Waals surface area contributed by atoms with Crippen molar-refractivity contribution in [1.82, 2.24) is 4.90 Å². The number of nitrogens with zero attached hydrogens (tertiary/aromatic N) is 2. The lowest BCUT2D eigenvalue weighted by Gasteiger charge is -2.33. The Hall–Kier alpha value is -3.26. The van der Waals surface area contributed by atoms with Crippen LogP contribution in [0.4, 0.5) is 17.1 Å². The topological polar surface area (TPSA) is 210 Å². The van der Waals surface area contributed by atoms with E-state index in [4.69, 9.17) is 5.73 Å². The summed E-state index contributed by atoms with van der Waals surface area (Å²) < 4.78 is 33.5. The average molecular weight is 444 g/mol. The van der Waals surface area contributed by atoms with Crippen molar-refractivity contribution in [2.24, 2.45) is 0 Å². The maximum Gasteiger partial charge on any atom is 0.348 e. The van der Waals surface area contributed by atoms with Crippen molar-refractivity contribution < 1.29 is 37.4 Å². The maximum absolute atomic E-state index is 12.0. The molecule has 5 N–H and O–H groups in total. The number of aliphatic carboxylic acids is 1. The Morgan fingerprint density at radius 2 is 1.87 bits per heavy atom. The van der Waals surface area contributed by atoms with E-state index < -0.39 is 44.1 Å². The lowest BCUT2D eigenvalue weighted by molar-refractivity contribution is -0.383. The molecule has 0 saturated carbocycles. The SMILES string of the molecule is Nc1ccc(NCCCCC(C(=O)O)(N2C(=O)CCC2=O)S(=O)(=O)O)c([N+](=O)[O-])c1. The molecule has 1 heterocycles. The van der Waals surface area contributed by atoms with Gasteiger partial charge in [-0.15, -0.1) is 0 Å². The number of carboxylic acids is 1. The lowest BCUT2D eigenvalue weighted by Crippen LogP contribution is -2.61. The van der Waals surface area contributed by atoms with Gasteiger partial charge in [-0.1, -0.05) is 0 Å². The summed E-state index contributed by atoms with van der Waals surface area (Å²) in [7, 11) is -5.38. The van der Waals surface area contributed by atoms with Crippen LogP contribution < -0.4 is 11.1 Å². The summed E-state index contributed by atoms with van der Waals surface area (Å²) in [6.07, 6.45) is -1.48. The van der Waals surface area contributed by atoms with Gasteiger partial charge in [0.2, 0.25) is 11.8 Å². The Kier molecular flexibility index (Phi) is 6.62. The van der Waals surface area contributed by atoms with Crippen molar-refractivity contribution in [3.63, 3.8) is 0 Å². The van der Waals surface area contributed by atoms with E-state index in [9.17, 15) is 42.6 Å². The fourth-order valence-electron chi connectivity index (χ4n) is 3.21. The van der Waals surface area contributed by atoms with Crippen LogP contribution in [0.1, 0.15) is 32.1 Å². The van der Waals surface area contributed by atoms with Gasteiger partial charge in [-0.3, -0.25) is 24.3 Å². The van der Waals surface area contributed by atoms with E-state index in [1.54, 1.807) is 0 Å². The van der Waals surface area contributed by atoms with E-state index in [-0.39, 0.29) is 54.2 Å². The molecular formula is C16H20N4O9S. The minimum atomic E-state index is -5.38. The van der Waals surface area contributed by atoms with Crippen LogP contribution in [0.15, 0.2) is 18.2 Å². The van der Waals surface area contributed by atoms with Gasteiger partial charge in [0.1, 0.15) is 5.69 Å². The Labute approximate surface area is 170 Å². The minimum absolute atomic E-state index is 0.0772. The van der Waals surface area contributed by atoms with Crippen molar-refractivity contribution >= 4 is 45.0 Å². The van der Waals surface area contributed by atoms with Crippen LogP contribution in [0, 0.1) is 10.1 Å². The number of carbonyl (C=O) groups excluding carboxylic acids is 2. The second kappa shape index (κ2) is 8.62. The zero-order chi connectivity index (χ0) is 22.7. The number of imide groups is 1. The van der Waals surface area contributed by atoms with E-state index in [1.165, 1.54) is 12.1 Å². The highest BCUT2D eigenvalue weighted by Crippen LogP contribution is 2.34. The van der Waals surface area contributed by atoms with E-state index in [1.807, 2.05) is 0 Å². The van der Waals surface area contributed by atoms with Gasteiger partial charge in [-0.25, -0.2) is 9.69 Å². The third-order valence-electron chi connectivity index (χ3n) is 4.65. The highest BCUT2D eigenvalue weighted by Gasteiger charge is 2.60. The molecule has 0 aliphatic carbocycles. The van der Waals surface area contributed by atoms with E-state index in [0.29, 0.717) is 0 Å². The molecule has 1 unspecified atom stereocenters. The highest BCUT2D eigenvalue weighted by atomic mass is 32.2. The molecule has 1 fully saturated rings. The monoisotopic (exact) mass is 444 g/mol. The van der Waals surface area contributed by atoms with Crippen LogP contribution in [0.3, 0.4) is 0 Å². The van der Waals surface area contributed by atoms with Gasteiger partial charge in [0.15, 0.2) is 0 Å². The Bertz CT molecular complexity index is 978. The molecule has 2 rings (SSSR count). The highest BCUT2D eigenvalue weighted by molar-refractivity contribution is 7.88. The molecule has 2 amide bonds. The first-order valence-corrected chi connectivity index (χ1v) is 10.2. The number of nitro benzene ring substituents is 1. The number of nitrogens with two attached hydrogens (primary N) is 1. The number of unbranched alkanes of at least 4 members (excludes halogenated alkanes) is 1. The molecule has 1 aliphatic heterocycles. The molecule has 1 aromatic rings. The number of rotatable bonds is 10. The number of amides is 2. The Balaban J connectivity index is 2.13. The standard InChI is InChI=1S/C16H20N4O9S/c17-10-3-4-11(12(9-10)20(25)26)18-8-2-1-7-16(15(23)24,30(27,28)29)19-13(21)5-6-14(19)22/h3-4,9,18H,1-2,5-8,17H2,(H,23,24)(H,27,28,29). The molecule has 1 saturated heterocycles. The smallest absolute Gasteiger partial charge is 0.348 e. The van der Waals surface area contributed by atoms with E-state index in [0.717, 1.165) is 6.07 Å². The Morgan fingerprint density at radius 3 is 2.37 bits per heavy atom. The number of benzene rings is 1. The first-order valence-electron chi connectivity index (χ1n) is 8.76. The van der Waals surface area contributed by atoms with Gasteiger partial charge in [-0.05, 0) is 31.4 Å². The fraction of sp³-hybridized carbons (Fsp3) is 0.438. The molecule has 164 valence electrons. The maximum atomic E-state index is 12.0. The number of nitrogens with one attached hydrogen (secondary N) is 1. The van der Waals surface area contributed by atoms with E-state index >= 15 is 0 Å². The van der Waals surface area contributed by atoms with Crippen molar-refractivity contribution in [1.29, 1.82) is 0 Å². The zero-order valence-corrected chi connectivity index (χ0v) is 16.4. The molecule has 1 aromatic carbocycles. The third-order valence-corrected chi connectivity index (χ3v) is 6.06. The average Bonchev–Trinajstić information content (AvgIpc) is 2.96.